The summed E-state index contributed by atoms with van der Waals surface area (Å²) in [6.45, 7) is 0.474. The molecular formula is C19H20N4O3S. The van der Waals surface area contributed by atoms with Crippen molar-refractivity contribution < 1.29 is 12.8 Å². The van der Waals surface area contributed by atoms with E-state index in [-0.39, 0.29) is 10.7 Å². The van der Waals surface area contributed by atoms with Crippen LogP contribution in [0.3, 0.4) is 0 Å². The molecule has 2 aromatic heterocycles. The van der Waals surface area contributed by atoms with E-state index in [4.69, 9.17) is 4.42 Å². The van der Waals surface area contributed by atoms with Crippen molar-refractivity contribution in [2.24, 2.45) is 0 Å². The van der Waals surface area contributed by atoms with Gasteiger partial charge in [-0.1, -0.05) is 6.07 Å². The lowest BCUT2D eigenvalue weighted by Gasteiger charge is -2.16. The molecular weight excluding hydrogens is 364 g/mol. The lowest BCUT2D eigenvalue weighted by atomic mass is 9.92. The number of furan rings is 1. The Labute approximate surface area is 157 Å². The smallest absolute Gasteiger partial charge is 0.263 e. The number of aromatic nitrogens is 2. The molecule has 140 valence electrons. The summed E-state index contributed by atoms with van der Waals surface area (Å²) in [4.78, 5) is 0.255. The van der Waals surface area contributed by atoms with Gasteiger partial charge in [0.15, 0.2) is 5.82 Å². The van der Waals surface area contributed by atoms with Gasteiger partial charge in [0.2, 0.25) is 0 Å². The maximum absolute atomic E-state index is 12.6. The molecule has 0 bridgehead atoms. The monoisotopic (exact) mass is 384 g/mol. The van der Waals surface area contributed by atoms with Crippen molar-refractivity contribution in [3.05, 3.63) is 65.6 Å². The van der Waals surface area contributed by atoms with Crippen LogP contribution in [0.2, 0.25) is 0 Å². The number of hydrogen-bond acceptors (Lipinski definition) is 6. The SMILES string of the molecule is O=S(=O)(Nc1ccc(NCc2ccco2)nn1)c1ccc2c(c1)CCCC2. The summed E-state index contributed by atoms with van der Waals surface area (Å²) >= 11 is 0. The first-order valence-corrected chi connectivity index (χ1v) is 10.3. The topological polar surface area (TPSA) is 97.1 Å². The Bertz CT molecular complexity index is 1020. The molecule has 0 fully saturated rings. The highest BCUT2D eigenvalue weighted by Gasteiger charge is 2.18. The van der Waals surface area contributed by atoms with Crippen molar-refractivity contribution in [2.45, 2.75) is 37.1 Å². The third-order valence-electron chi connectivity index (χ3n) is 4.56. The second-order valence-corrected chi connectivity index (χ2v) is 8.16. The minimum Gasteiger partial charge on any atom is -0.467 e. The first-order valence-electron chi connectivity index (χ1n) is 8.85. The molecule has 7 nitrogen and oxygen atoms in total. The average Bonchev–Trinajstić information content (AvgIpc) is 3.20. The van der Waals surface area contributed by atoms with E-state index in [0.29, 0.717) is 12.4 Å². The van der Waals surface area contributed by atoms with Gasteiger partial charge in [-0.25, -0.2) is 8.42 Å². The molecule has 0 aliphatic heterocycles. The van der Waals surface area contributed by atoms with Crippen LogP contribution in [0.4, 0.5) is 11.6 Å². The van der Waals surface area contributed by atoms with Gasteiger partial charge in [0.05, 0.1) is 17.7 Å². The highest BCUT2D eigenvalue weighted by molar-refractivity contribution is 7.92. The summed E-state index contributed by atoms with van der Waals surface area (Å²) in [6, 6.07) is 12.2. The van der Waals surface area contributed by atoms with Gasteiger partial charge in [-0.15, -0.1) is 10.2 Å². The van der Waals surface area contributed by atoms with E-state index >= 15 is 0 Å². The molecule has 1 aromatic carbocycles. The largest absolute Gasteiger partial charge is 0.467 e. The molecule has 0 radical (unpaired) electrons. The first-order chi connectivity index (χ1) is 13.1. The molecule has 3 aromatic rings. The highest BCUT2D eigenvalue weighted by Crippen LogP contribution is 2.25. The molecule has 0 unspecified atom stereocenters. The predicted octanol–water partition coefficient (Wildman–Crippen LogP) is 3.36. The number of anilines is 2. The van der Waals surface area contributed by atoms with E-state index in [1.54, 1.807) is 36.6 Å². The highest BCUT2D eigenvalue weighted by atomic mass is 32.2. The lowest BCUT2D eigenvalue weighted by Crippen LogP contribution is -2.15. The molecule has 0 saturated heterocycles. The van der Waals surface area contributed by atoms with Gasteiger partial charge in [-0.2, -0.15) is 0 Å². The molecule has 8 heteroatoms. The quantitative estimate of drug-likeness (QED) is 0.676. The fourth-order valence-corrected chi connectivity index (χ4v) is 4.19. The van der Waals surface area contributed by atoms with Crippen LogP contribution in [-0.4, -0.2) is 18.6 Å². The van der Waals surface area contributed by atoms with Crippen molar-refractivity contribution in [3.8, 4) is 0 Å². The average molecular weight is 384 g/mol. The maximum atomic E-state index is 12.6. The Morgan fingerprint density at radius 1 is 0.963 bits per heavy atom. The Hall–Kier alpha value is -2.87. The Kier molecular flexibility index (Phi) is 4.81. The fraction of sp³-hybridized carbons (Fsp3) is 0.263. The van der Waals surface area contributed by atoms with Crippen LogP contribution in [0.15, 0.2) is 58.0 Å². The number of hydrogen-bond donors (Lipinski definition) is 2. The molecule has 2 N–H and O–H groups in total. The van der Waals surface area contributed by atoms with E-state index in [0.717, 1.165) is 37.0 Å². The number of rotatable bonds is 6. The van der Waals surface area contributed by atoms with Crippen LogP contribution in [-0.2, 0) is 29.4 Å². The minimum absolute atomic E-state index is 0.177. The zero-order valence-electron chi connectivity index (χ0n) is 14.7. The molecule has 0 amide bonds. The number of nitrogens with one attached hydrogen (secondary N) is 2. The van der Waals surface area contributed by atoms with Gasteiger partial charge in [0.25, 0.3) is 10.0 Å². The first kappa shape index (κ1) is 17.5. The molecule has 1 aliphatic carbocycles. The fourth-order valence-electron chi connectivity index (χ4n) is 3.15. The molecule has 0 atom stereocenters. The van der Waals surface area contributed by atoms with Gasteiger partial charge in [-0.05, 0) is 73.2 Å². The normalized spacial score (nSPS) is 13.8. The number of aryl methyl sites for hydroxylation is 2. The van der Waals surface area contributed by atoms with Crippen LogP contribution in [0.1, 0.15) is 29.7 Å². The number of fused-ring (bicyclic) bond motifs is 1. The van der Waals surface area contributed by atoms with Gasteiger partial charge in [-0.3, -0.25) is 4.72 Å². The van der Waals surface area contributed by atoms with E-state index in [9.17, 15) is 8.42 Å². The molecule has 0 spiro atoms. The van der Waals surface area contributed by atoms with Gasteiger partial charge < -0.3 is 9.73 Å². The summed E-state index contributed by atoms with van der Waals surface area (Å²) in [5.74, 6) is 1.48. The summed E-state index contributed by atoms with van der Waals surface area (Å²) in [5, 5.41) is 11.0. The third-order valence-corrected chi connectivity index (χ3v) is 5.91. The molecule has 1 aliphatic rings. The zero-order chi connectivity index (χ0) is 18.7. The van der Waals surface area contributed by atoms with E-state index in [2.05, 4.69) is 20.2 Å². The molecule has 27 heavy (non-hydrogen) atoms. The van der Waals surface area contributed by atoms with Gasteiger partial charge in [0, 0.05) is 0 Å². The van der Waals surface area contributed by atoms with E-state index in [1.807, 2.05) is 12.1 Å². The van der Waals surface area contributed by atoms with Crippen LogP contribution in [0, 0.1) is 0 Å². The summed E-state index contributed by atoms with van der Waals surface area (Å²) in [5.41, 5.74) is 2.36. The maximum Gasteiger partial charge on any atom is 0.263 e. The number of nitrogens with zero attached hydrogens (tertiary/aromatic N) is 2. The van der Waals surface area contributed by atoms with Crippen molar-refractivity contribution >= 4 is 21.7 Å². The van der Waals surface area contributed by atoms with Crippen molar-refractivity contribution in [3.63, 3.8) is 0 Å². The summed E-state index contributed by atoms with van der Waals surface area (Å²) in [7, 11) is -3.70. The van der Waals surface area contributed by atoms with Crippen molar-refractivity contribution in [1.82, 2.24) is 10.2 Å². The molecule has 4 rings (SSSR count). The van der Waals surface area contributed by atoms with Crippen LogP contribution in [0.25, 0.3) is 0 Å². The Morgan fingerprint density at radius 2 is 1.74 bits per heavy atom. The summed E-state index contributed by atoms with van der Waals surface area (Å²) in [6.07, 6.45) is 5.80. The Balaban J connectivity index is 1.44. The number of sulfonamides is 1. The minimum atomic E-state index is -3.70. The summed E-state index contributed by atoms with van der Waals surface area (Å²) < 4.78 is 33.0. The van der Waals surface area contributed by atoms with Crippen molar-refractivity contribution in [2.75, 3.05) is 10.0 Å². The zero-order valence-corrected chi connectivity index (χ0v) is 15.5. The Morgan fingerprint density at radius 3 is 2.48 bits per heavy atom. The van der Waals surface area contributed by atoms with E-state index in [1.165, 1.54) is 5.56 Å². The molecule has 2 heterocycles. The van der Waals surface area contributed by atoms with Crippen LogP contribution >= 0.6 is 0 Å². The van der Waals surface area contributed by atoms with Crippen LogP contribution in [0.5, 0.6) is 0 Å². The third kappa shape index (κ3) is 4.11. The predicted molar refractivity (Wildman–Crippen MR) is 102 cm³/mol. The van der Waals surface area contributed by atoms with Gasteiger partial charge >= 0.3 is 0 Å². The second-order valence-electron chi connectivity index (χ2n) is 6.48. The van der Waals surface area contributed by atoms with Crippen LogP contribution < -0.4 is 10.0 Å². The van der Waals surface area contributed by atoms with Gasteiger partial charge in [0.1, 0.15) is 11.6 Å². The molecule has 0 saturated carbocycles. The number of benzene rings is 1. The standard InChI is InChI=1S/C19H20N4O3S/c24-27(25,17-8-7-14-4-1-2-5-15(14)12-17)23-19-10-9-18(21-22-19)20-13-16-6-3-11-26-16/h3,6-12H,1-2,4-5,13H2,(H,20,21)(H,22,23). The lowest BCUT2D eigenvalue weighted by molar-refractivity contribution is 0.517. The van der Waals surface area contributed by atoms with E-state index < -0.39 is 10.0 Å². The second kappa shape index (κ2) is 7.40. The van der Waals surface area contributed by atoms with Crippen molar-refractivity contribution in [1.29, 1.82) is 0 Å².